The van der Waals surface area contributed by atoms with Gasteiger partial charge in [0.1, 0.15) is 0 Å². The average Bonchev–Trinajstić information content (AvgIpc) is 2.72. The van der Waals surface area contributed by atoms with E-state index in [4.69, 9.17) is 0 Å². The van der Waals surface area contributed by atoms with E-state index in [1.807, 2.05) is 30.2 Å². The fraction of sp³-hybridized carbons (Fsp3) is 0.417. The van der Waals surface area contributed by atoms with Crippen molar-refractivity contribution in [3.63, 3.8) is 0 Å². The fourth-order valence-electron chi connectivity index (χ4n) is 3.92. The zero-order valence-electron chi connectivity index (χ0n) is 17.1. The number of nitrogens with zero attached hydrogens (tertiary/aromatic N) is 3. The molecule has 0 aliphatic carbocycles. The molecule has 0 spiro atoms. The summed E-state index contributed by atoms with van der Waals surface area (Å²) in [4.78, 5) is 20.9. The third kappa shape index (κ3) is 6.03. The normalized spacial score (nSPS) is 17.7. The van der Waals surface area contributed by atoms with Crippen molar-refractivity contribution >= 4 is 12.0 Å². The van der Waals surface area contributed by atoms with Crippen molar-refractivity contribution < 1.29 is 4.79 Å². The molecule has 1 aliphatic heterocycles. The van der Waals surface area contributed by atoms with Crippen LogP contribution in [0.3, 0.4) is 0 Å². The van der Waals surface area contributed by atoms with Crippen LogP contribution in [0.2, 0.25) is 0 Å². The second-order valence-corrected chi connectivity index (χ2v) is 7.82. The lowest BCUT2D eigenvalue weighted by molar-refractivity contribution is -0.125. The molecule has 1 aliphatic rings. The van der Waals surface area contributed by atoms with Crippen LogP contribution in [0.4, 0.5) is 0 Å². The van der Waals surface area contributed by atoms with Gasteiger partial charge in [0.25, 0.3) is 0 Å². The molecule has 1 atom stereocenters. The van der Waals surface area contributed by atoms with Crippen molar-refractivity contribution in [1.29, 1.82) is 0 Å². The number of carbonyl (C=O) groups is 1. The Morgan fingerprint density at radius 3 is 2.93 bits per heavy atom. The number of carbonyl (C=O) groups excluding carboxylic acids is 1. The first kappa shape index (κ1) is 20.3. The summed E-state index contributed by atoms with van der Waals surface area (Å²) in [5.41, 5.74) is 3.77. The van der Waals surface area contributed by atoms with Crippen molar-refractivity contribution in [1.82, 2.24) is 14.8 Å². The van der Waals surface area contributed by atoms with E-state index in [2.05, 4.69) is 41.1 Å². The van der Waals surface area contributed by atoms with Gasteiger partial charge in [-0.25, -0.2) is 0 Å². The van der Waals surface area contributed by atoms with E-state index in [1.165, 1.54) is 30.5 Å². The van der Waals surface area contributed by atoms with E-state index < -0.39 is 0 Å². The van der Waals surface area contributed by atoms with Crippen molar-refractivity contribution in [2.45, 2.75) is 26.2 Å². The van der Waals surface area contributed by atoms with Crippen LogP contribution in [0.25, 0.3) is 6.08 Å². The Labute approximate surface area is 168 Å². The van der Waals surface area contributed by atoms with Gasteiger partial charge in [-0.3, -0.25) is 9.78 Å². The Kier molecular flexibility index (Phi) is 7.38. The van der Waals surface area contributed by atoms with Crippen LogP contribution in [0.5, 0.6) is 0 Å². The zero-order chi connectivity index (χ0) is 19.8. The molecule has 0 bridgehead atoms. The molecule has 4 nitrogen and oxygen atoms in total. The highest BCUT2D eigenvalue weighted by atomic mass is 16.2. The molecule has 3 rings (SSSR count). The largest absolute Gasteiger partial charge is 0.342 e. The van der Waals surface area contributed by atoms with Crippen LogP contribution >= 0.6 is 0 Å². The molecule has 1 aromatic carbocycles. The van der Waals surface area contributed by atoms with Crippen LogP contribution in [0, 0.1) is 12.8 Å². The summed E-state index contributed by atoms with van der Waals surface area (Å²) in [6.45, 7) is 6.35. The number of aromatic nitrogens is 1. The number of piperidine rings is 1. The molecule has 148 valence electrons. The van der Waals surface area contributed by atoms with Gasteiger partial charge in [-0.05, 0) is 67.5 Å². The van der Waals surface area contributed by atoms with Gasteiger partial charge in [-0.15, -0.1) is 0 Å². The summed E-state index contributed by atoms with van der Waals surface area (Å²) in [7, 11) is 1.90. The SMILES string of the molecule is Cc1ccccc1CCN1CCCC(CN(C)C(=O)/C=C/c2cccnc2)C1. The standard InChI is InChI=1S/C24H31N3O/c1-20-7-3-4-10-23(20)13-16-27-15-6-9-22(19-27)18-26(2)24(28)12-11-21-8-5-14-25-17-21/h3-5,7-8,10-12,14,17,22H,6,9,13,15-16,18-19H2,1-2H3/b12-11+. The van der Waals surface area contributed by atoms with E-state index >= 15 is 0 Å². The summed E-state index contributed by atoms with van der Waals surface area (Å²) < 4.78 is 0. The van der Waals surface area contributed by atoms with Crippen LogP contribution in [-0.2, 0) is 11.2 Å². The Morgan fingerprint density at radius 1 is 1.29 bits per heavy atom. The van der Waals surface area contributed by atoms with Crippen LogP contribution in [0.1, 0.15) is 29.5 Å². The predicted molar refractivity (Wildman–Crippen MR) is 115 cm³/mol. The molecular weight excluding hydrogens is 346 g/mol. The average molecular weight is 378 g/mol. The molecule has 0 radical (unpaired) electrons. The molecule has 0 saturated carbocycles. The number of aryl methyl sites for hydroxylation is 1. The number of hydrogen-bond acceptors (Lipinski definition) is 3. The number of pyridine rings is 1. The van der Waals surface area contributed by atoms with Crippen molar-refractivity contribution in [3.8, 4) is 0 Å². The van der Waals surface area contributed by atoms with Crippen molar-refractivity contribution in [2.75, 3.05) is 33.2 Å². The maximum absolute atomic E-state index is 12.4. The summed E-state index contributed by atoms with van der Waals surface area (Å²) in [6, 6.07) is 12.5. The van der Waals surface area contributed by atoms with E-state index in [-0.39, 0.29) is 5.91 Å². The highest BCUT2D eigenvalue weighted by Gasteiger charge is 2.22. The maximum Gasteiger partial charge on any atom is 0.246 e. The molecule has 1 aromatic heterocycles. The second-order valence-electron chi connectivity index (χ2n) is 7.82. The topological polar surface area (TPSA) is 36.4 Å². The minimum atomic E-state index is 0.0564. The monoisotopic (exact) mass is 377 g/mol. The van der Waals surface area contributed by atoms with Gasteiger partial charge in [0.05, 0.1) is 0 Å². The lowest BCUT2D eigenvalue weighted by Crippen LogP contribution is -2.42. The summed E-state index contributed by atoms with van der Waals surface area (Å²) in [6.07, 6.45) is 10.5. The van der Waals surface area contributed by atoms with Crippen LogP contribution in [-0.4, -0.2) is 53.9 Å². The van der Waals surface area contributed by atoms with Crippen molar-refractivity contribution in [2.24, 2.45) is 5.92 Å². The third-order valence-electron chi connectivity index (χ3n) is 5.57. The summed E-state index contributed by atoms with van der Waals surface area (Å²) >= 11 is 0. The molecule has 1 saturated heterocycles. The Morgan fingerprint density at radius 2 is 2.14 bits per heavy atom. The molecule has 1 fully saturated rings. The number of amides is 1. The van der Waals surface area contributed by atoms with Gasteiger partial charge in [0.15, 0.2) is 0 Å². The summed E-state index contributed by atoms with van der Waals surface area (Å²) in [5, 5.41) is 0. The molecule has 2 aromatic rings. The number of likely N-dealkylation sites (tertiary alicyclic amines) is 1. The Hall–Kier alpha value is -2.46. The quantitative estimate of drug-likeness (QED) is 0.689. The van der Waals surface area contributed by atoms with Crippen LogP contribution < -0.4 is 0 Å². The predicted octanol–water partition coefficient (Wildman–Crippen LogP) is 3.82. The lowest BCUT2D eigenvalue weighted by Gasteiger charge is -2.34. The number of likely N-dealkylation sites (N-methyl/N-ethyl adjacent to an activating group) is 1. The molecule has 1 amide bonds. The Bertz CT molecular complexity index is 787. The first-order chi connectivity index (χ1) is 13.6. The highest BCUT2D eigenvalue weighted by molar-refractivity contribution is 5.91. The number of rotatable bonds is 7. The van der Waals surface area contributed by atoms with Gasteiger partial charge in [0, 0.05) is 45.2 Å². The molecule has 4 heteroatoms. The smallest absolute Gasteiger partial charge is 0.246 e. The van der Waals surface area contributed by atoms with Gasteiger partial charge in [0.2, 0.25) is 5.91 Å². The minimum Gasteiger partial charge on any atom is -0.342 e. The fourth-order valence-corrected chi connectivity index (χ4v) is 3.92. The maximum atomic E-state index is 12.4. The molecule has 0 N–H and O–H groups in total. The first-order valence-electron chi connectivity index (χ1n) is 10.2. The molecule has 28 heavy (non-hydrogen) atoms. The Balaban J connectivity index is 1.46. The van der Waals surface area contributed by atoms with Gasteiger partial charge < -0.3 is 9.80 Å². The molecule has 1 unspecified atom stereocenters. The van der Waals surface area contributed by atoms with Crippen molar-refractivity contribution in [3.05, 3.63) is 71.6 Å². The first-order valence-corrected chi connectivity index (χ1v) is 10.2. The van der Waals surface area contributed by atoms with E-state index in [1.54, 1.807) is 18.5 Å². The van der Waals surface area contributed by atoms with E-state index in [0.717, 1.165) is 31.6 Å². The second kappa shape index (κ2) is 10.2. The molecule has 2 heterocycles. The van der Waals surface area contributed by atoms with Gasteiger partial charge in [-0.2, -0.15) is 0 Å². The lowest BCUT2D eigenvalue weighted by atomic mass is 9.96. The summed E-state index contributed by atoms with van der Waals surface area (Å²) in [5.74, 6) is 0.604. The third-order valence-corrected chi connectivity index (χ3v) is 5.57. The number of benzene rings is 1. The van der Waals surface area contributed by atoms with E-state index in [9.17, 15) is 4.79 Å². The van der Waals surface area contributed by atoms with Crippen LogP contribution in [0.15, 0.2) is 54.9 Å². The van der Waals surface area contributed by atoms with Gasteiger partial charge in [-0.1, -0.05) is 30.3 Å². The highest BCUT2D eigenvalue weighted by Crippen LogP contribution is 2.18. The zero-order valence-corrected chi connectivity index (χ0v) is 17.1. The molecular formula is C24H31N3O. The van der Waals surface area contributed by atoms with E-state index in [0.29, 0.717) is 5.92 Å². The number of hydrogen-bond donors (Lipinski definition) is 0. The van der Waals surface area contributed by atoms with Gasteiger partial charge >= 0.3 is 0 Å². The minimum absolute atomic E-state index is 0.0564.